The maximum absolute atomic E-state index is 5.69. The van der Waals surface area contributed by atoms with E-state index in [1.807, 2.05) is 0 Å². The van der Waals surface area contributed by atoms with E-state index in [9.17, 15) is 0 Å². The highest BCUT2D eigenvalue weighted by molar-refractivity contribution is 5.90. The van der Waals surface area contributed by atoms with Gasteiger partial charge in [0.15, 0.2) is 5.75 Å². The van der Waals surface area contributed by atoms with Crippen LogP contribution >= 0.6 is 0 Å². The van der Waals surface area contributed by atoms with Gasteiger partial charge in [0.05, 0.1) is 18.5 Å². The molecule has 0 bridgehead atoms. The molecule has 5 nitrogen and oxygen atoms in total. The number of hydrogen-bond acceptors (Lipinski definition) is 5. The van der Waals surface area contributed by atoms with E-state index >= 15 is 0 Å². The Morgan fingerprint density at radius 2 is 1.23 bits per heavy atom. The molecule has 0 heterocycles. The molecule has 0 saturated carbocycles. The van der Waals surface area contributed by atoms with Crippen molar-refractivity contribution < 1.29 is 4.74 Å². The molecule has 1 rings (SSSR count). The number of nitrogens with two attached hydrogens (primary N) is 4. The van der Waals surface area contributed by atoms with Gasteiger partial charge in [-0.25, -0.2) is 0 Å². The van der Waals surface area contributed by atoms with Crippen LogP contribution in [0.3, 0.4) is 0 Å². The summed E-state index contributed by atoms with van der Waals surface area (Å²) in [5, 5.41) is 0. The highest BCUT2D eigenvalue weighted by Crippen LogP contribution is 2.41. The van der Waals surface area contributed by atoms with Crippen molar-refractivity contribution in [1.29, 1.82) is 0 Å². The molecule has 0 radical (unpaired) electrons. The summed E-state index contributed by atoms with van der Waals surface area (Å²) in [6, 6.07) is 0. The van der Waals surface area contributed by atoms with Crippen molar-refractivity contribution in [2.75, 3.05) is 30.0 Å². The minimum Gasteiger partial charge on any atom is -0.492 e. The first-order chi connectivity index (χ1) is 6.00. The van der Waals surface area contributed by atoms with Crippen LogP contribution < -0.4 is 27.7 Å². The Hall–Kier alpha value is -1.78. The summed E-state index contributed by atoms with van der Waals surface area (Å²) in [6.07, 6.45) is 0. The average molecular weight is 182 g/mol. The van der Waals surface area contributed by atoms with Crippen LogP contribution in [0, 0.1) is 6.92 Å². The first kappa shape index (κ1) is 9.31. The zero-order valence-corrected chi connectivity index (χ0v) is 7.72. The fraction of sp³-hybridized carbons (Fsp3) is 0.250. The number of methoxy groups -OCH3 is 1. The van der Waals surface area contributed by atoms with Crippen molar-refractivity contribution in [3.63, 3.8) is 0 Å². The van der Waals surface area contributed by atoms with E-state index in [1.54, 1.807) is 6.92 Å². The summed E-state index contributed by atoms with van der Waals surface area (Å²) in [5.41, 5.74) is 24.9. The van der Waals surface area contributed by atoms with Crippen LogP contribution in [-0.4, -0.2) is 7.11 Å². The lowest BCUT2D eigenvalue weighted by Gasteiger charge is -2.15. The van der Waals surface area contributed by atoms with Crippen LogP contribution in [0.5, 0.6) is 5.75 Å². The SMILES string of the molecule is COc1c(N)c(N)c(C)c(N)c1N. The van der Waals surface area contributed by atoms with Gasteiger partial charge in [-0.1, -0.05) is 0 Å². The minimum absolute atomic E-state index is 0.340. The molecule has 72 valence electrons. The lowest BCUT2D eigenvalue weighted by Crippen LogP contribution is -2.07. The average Bonchev–Trinajstić information content (AvgIpc) is 2.13. The van der Waals surface area contributed by atoms with Crippen molar-refractivity contribution >= 4 is 22.7 Å². The molecular weight excluding hydrogens is 168 g/mol. The van der Waals surface area contributed by atoms with Crippen LogP contribution in [0.2, 0.25) is 0 Å². The number of nitrogen functional groups attached to an aromatic ring is 4. The van der Waals surface area contributed by atoms with Crippen molar-refractivity contribution in [2.45, 2.75) is 6.92 Å². The third-order valence-electron chi connectivity index (χ3n) is 2.08. The van der Waals surface area contributed by atoms with Gasteiger partial charge in [0.2, 0.25) is 0 Å². The van der Waals surface area contributed by atoms with Crippen molar-refractivity contribution in [3.8, 4) is 5.75 Å². The molecule has 1 aromatic rings. The second-order valence-electron chi connectivity index (χ2n) is 2.81. The molecule has 0 unspecified atom stereocenters. The van der Waals surface area contributed by atoms with Gasteiger partial charge in [-0.15, -0.1) is 0 Å². The lowest BCUT2D eigenvalue weighted by atomic mass is 10.1. The summed E-state index contributed by atoms with van der Waals surface area (Å²) >= 11 is 0. The monoisotopic (exact) mass is 182 g/mol. The molecule has 8 N–H and O–H groups in total. The van der Waals surface area contributed by atoms with Crippen LogP contribution in [0.15, 0.2) is 0 Å². The van der Waals surface area contributed by atoms with Crippen LogP contribution in [0.25, 0.3) is 0 Å². The maximum atomic E-state index is 5.69. The molecule has 0 spiro atoms. The molecule has 1 aromatic carbocycles. The molecule has 0 atom stereocenters. The Labute approximate surface area is 76.6 Å². The molecule has 0 amide bonds. The first-order valence-electron chi connectivity index (χ1n) is 3.77. The Kier molecular flexibility index (Phi) is 2.10. The molecule has 5 heteroatoms. The number of hydrogen-bond donors (Lipinski definition) is 4. The van der Waals surface area contributed by atoms with Gasteiger partial charge in [-0.05, 0) is 12.5 Å². The number of rotatable bonds is 1. The number of benzene rings is 1. The second-order valence-corrected chi connectivity index (χ2v) is 2.81. The van der Waals surface area contributed by atoms with Crippen LogP contribution in [0.4, 0.5) is 22.7 Å². The fourth-order valence-corrected chi connectivity index (χ4v) is 1.16. The molecule has 13 heavy (non-hydrogen) atoms. The fourth-order valence-electron chi connectivity index (χ4n) is 1.16. The van der Waals surface area contributed by atoms with Crippen molar-refractivity contribution in [3.05, 3.63) is 5.56 Å². The molecule has 0 aliphatic rings. The first-order valence-corrected chi connectivity index (χ1v) is 3.77. The van der Waals surface area contributed by atoms with Gasteiger partial charge < -0.3 is 27.7 Å². The van der Waals surface area contributed by atoms with Gasteiger partial charge in [0.25, 0.3) is 0 Å². The van der Waals surface area contributed by atoms with E-state index in [2.05, 4.69) is 0 Å². The largest absolute Gasteiger partial charge is 0.492 e. The Balaban J connectivity index is 3.56. The number of ether oxygens (including phenoxy) is 1. The van der Waals surface area contributed by atoms with Gasteiger partial charge in [0.1, 0.15) is 11.4 Å². The van der Waals surface area contributed by atoms with Gasteiger partial charge >= 0.3 is 0 Å². The molecule has 0 saturated heterocycles. The summed E-state index contributed by atoms with van der Waals surface area (Å²) in [5.74, 6) is 0.348. The lowest BCUT2D eigenvalue weighted by molar-refractivity contribution is 0.419. The summed E-state index contributed by atoms with van der Waals surface area (Å²) < 4.78 is 4.98. The predicted molar refractivity (Wildman–Crippen MR) is 55.4 cm³/mol. The zero-order chi connectivity index (χ0) is 10.2. The minimum atomic E-state index is 0.340. The van der Waals surface area contributed by atoms with E-state index < -0.39 is 0 Å². The quantitative estimate of drug-likeness (QED) is 0.467. The second kappa shape index (κ2) is 2.93. The van der Waals surface area contributed by atoms with Crippen molar-refractivity contribution in [1.82, 2.24) is 0 Å². The molecule has 0 aromatic heterocycles. The standard InChI is InChI=1S/C8H14N4O/c1-3-4(9)6(11)8(13-2)7(12)5(3)10/h9-12H2,1-2H3. The Morgan fingerprint density at radius 1 is 0.846 bits per heavy atom. The molecule has 0 aliphatic carbocycles. The highest BCUT2D eigenvalue weighted by Gasteiger charge is 2.14. The van der Waals surface area contributed by atoms with E-state index in [-0.39, 0.29) is 0 Å². The van der Waals surface area contributed by atoms with Crippen LogP contribution in [0.1, 0.15) is 5.56 Å². The van der Waals surface area contributed by atoms with Gasteiger partial charge in [0, 0.05) is 0 Å². The van der Waals surface area contributed by atoms with Crippen LogP contribution in [-0.2, 0) is 0 Å². The van der Waals surface area contributed by atoms with E-state index in [0.717, 1.165) is 0 Å². The normalized spacial score (nSPS) is 10.0. The topological polar surface area (TPSA) is 113 Å². The van der Waals surface area contributed by atoms with Gasteiger partial charge in [-0.3, -0.25) is 0 Å². The third kappa shape index (κ3) is 1.18. The predicted octanol–water partition coefficient (Wildman–Crippen LogP) is 0.332. The summed E-state index contributed by atoms with van der Waals surface area (Å²) in [7, 11) is 1.47. The molecule has 0 fully saturated rings. The highest BCUT2D eigenvalue weighted by atomic mass is 16.5. The van der Waals surface area contributed by atoms with Gasteiger partial charge in [-0.2, -0.15) is 0 Å². The Morgan fingerprint density at radius 3 is 1.54 bits per heavy atom. The maximum Gasteiger partial charge on any atom is 0.168 e. The smallest absolute Gasteiger partial charge is 0.168 e. The molecular formula is C8H14N4O. The van der Waals surface area contributed by atoms with Crippen molar-refractivity contribution in [2.24, 2.45) is 0 Å². The molecule has 0 aliphatic heterocycles. The summed E-state index contributed by atoms with van der Waals surface area (Å²) in [6.45, 7) is 1.76. The number of anilines is 4. The zero-order valence-electron chi connectivity index (χ0n) is 7.72. The third-order valence-corrected chi connectivity index (χ3v) is 2.08. The van der Waals surface area contributed by atoms with E-state index in [1.165, 1.54) is 7.11 Å². The van der Waals surface area contributed by atoms with E-state index in [4.69, 9.17) is 27.7 Å². The Bertz CT molecular complexity index is 319. The summed E-state index contributed by atoms with van der Waals surface area (Å²) in [4.78, 5) is 0. The van der Waals surface area contributed by atoms with E-state index in [0.29, 0.717) is 34.1 Å².